The molecular formula is C15H22N4O2S. The molecule has 2 aromatic rings. The van der Waals surface area contributed by atoms with Crippen LogP contribution in [0.1, 0.15) is 39.1 Å². The molecule has 1 N–H and O–H groups in total. The van der Waals surface area contributed by atoms with Crippen molar-refractivity contribution in [1.29, 1.82) is 0 Å². The maximum Gasteiger partial charge on any atom is 0.241 e. The van der Waals surface area contributed by atoms with E-state index in [2.05, 4.69) is 14.9 Å². The molecule has 0 amide bonds. The normalized spacial score (nSPS) is 12.5. The summed E-state index contributed by atoms with van der Waals surface area (Å²) in [5, 5.41) is 7.74. The third kappa shape index (κ3) is 3.53. The highest BCUT2D eigenvalue weighted by Crippen LogP contribution is 2.28. The van der Waals surface area contributed by atoms with Gasteiger partial charge in [0.25, 0.3) is 0 Å². The topological polar surface area (TPSA) is 76.9 Å². The van der Waals surface area contributed by atoms with Crippen LogP contribution in [0.3, 0.4) is 0 Å². The maximum absolute atomic E-state index is 12.6. The average molecular weight is 322 g/mol. The van der Waals surface area contributed by atoms with Crippen molar-refractivity contribution < 1.29 is 8.42 Å². The minimum absolute atomic E-state index is 0.120. The Balaban J connectivity index is 2.28. The molecule has 120 valence electrons. The second-order valence-corrected chi connectivity index (χ2v) is 7.84. The van der Waals surface area contributed by atoms with E-state index >= 15 is 0 Å². The molecule has 2 rings (SSSR count). The first-order chi connectivity index (χ1) is 10.3. The van der Waals surface area contributed by atoms with Crippen molar-refractivity contribution in [2.75, 3.05) is 0 Å². The summed E-state index contributed by atoms with van der Waals surface area (Å²) in [4.78, 5) is 0.310. The van der Waals surface area contributed by atoms with Crippen LogP contribution in [0.4, 0.5) is 0 Å². The van der Waals surface area contributed by atoms with Crippen LogP contribution in [0.2, 0.25) is 0 Å². The van der Waals surface area contributed by atoms with Gasteiger partial charge in [0, 0.05) is 6.54 Å². The lowest BCUT2D eigenvalue weighted by atomic mass is 9.87. The van der Waals surface area contributed by atoms with E-state index in [1.54, 1.807) is 23.0 Å². The summed E-state index contributed by atoms with van der Waals surface area (Å²) in [5.41, 5.74) is 0.536. The Kier molecular flexibility index (Phi) is 4.67. The number of nitrogens with one attached hydrogen (secondary N) is 1. The van der Waals surface area contributed by atoms with Crippen molar-refractivity contribution in [3.8, 4) is 0 Å². The van der Waals surface area contributed by atoms with Crippen LogP contribution in [0.5, 0.6) is 0 Å². The Labute approximate surface area is 131 Å². The van der Waals surface area contributed by atoms with Gasteiger partial charge >= 0.3 is 0 Å². The van der Waals surface area contributed by atoms with Gasteiger partial charge in [-0.1, -0.05) is 39.0 Å². The van der Waals surface area contributed by atoms with E-state index < -0.39 is 10.0 Å². The molecule has 0 saturated carbocycles. The zero-order chi connectivity index (χ0) is 16.4. The third-order valence-electron chi connectivity index (χ3n) is 3.44. The van der Waals surface area contributed by atoms with E-state index in [9.17, 15) is 8.42 Å². The van der Waals surface area contributed by atoms with E-state index in [1.165, 1.54) is 0 Å². The van der Waals surface area contributed by atoms with E-state index in [-0.39, 0.29) is 12.0 Å². The van der Waals surface area contributed by atoms with Gasteiger partial charge in [0.1, 0.15) is 12.2 Å². The van der Waals surface area contributed by atoms with Gasteiger partial charge < -0.3 is 4.57 Å². The van der Waals surface area contributed by atoms with Gasteiger partial charge in [-0.05, 0) is 24.0 Å². The Morgan fingerprint density at radius 1 is 1.23 bits per heavy atom. The third-order valence-corrected chi connectivity index (χ3v) is 4.90. The molecule has 1 aromatic carbocycles. The van der Waals surface area contributed by atoms with Crippen molar-refractivity contribution in [1.82, 2.24) is 19.5 Å². The van der Waals surface area contributed by atoms with Gasteiger partial charge in [0.15, 0.2) is 0 Å². The van der Waals surface area contributed by atoms with Crippen LogP contribution in [0, 0.1) is 0 Å². The molecule has 1 heterocycles. The van der Waals surface area contributed by atoms with Crippen LogP contribution < -0.4 is 4.72 Å². The Hall–Kier alpha value is -1.73. The number of hydrogen-bond acceptors (Lipinski definition) is 4. The van der Waals surface area contributed by atoms with Gasteiger partial charge in [0.2, 0.25) is 10.0 Å². The summed E-state index contributed by atoms with van der Waals surface area (Å²) in [5.74, 6) is 0.597. The first-order valence-corrected chi connectivity index (χ1v) is 8.70. The molecule has 6 nitrogen and oxygen atoms in total. The fourth-order valence-electron chi connectivity index (χ4n) is 2.24. The number of aryl methyl sites for hydroxylation is 1. The van der Waals surface area contributed by atoms with Gasteiger partial charge in [-0.3, -0.25) is 0 Å². The van der Waals surface area contributed by atoms with E-state index in [1.807, 2.05) is 39.8 Å². The van der Waals surface area contributed by atoms with Crippen LogP contribution >= 0.6 is 0 Å². The summed E-state index contributed by atoms with van der Waals surface area (Å²) in [6.07, 6.45) is 1.59. The minimum Gasteiger partial charge on any atom is -0.317 e. The van der Waals surface area contributed by atoms with Crippen molar-refractivity contribution in [3.05, 3.63) is 42.0 Å². The first-order valence-electron chi connectivity index (χ1n) is 7.21. The van der Waals surface area contributed by atoms with Crippen LogP contribution in [-0.4, -0.2) is 23.2 Å². The summed E-state index contributed by atoms with van der Waals surface area (Å²) in [6.45, 7) is 8.76. The van der Waals surface area contributed by atoms with Crippen molar-refractivity contribution in [2.24, 2.45) is 0 Å². The Morgan fingerprint density at radius 2 is 1.91 bits per heavy atom. The number of benzene rings is 1. The number of hydrogen-bond donors (Lipinski definition) is 1. The molecule has 22 heavy (non-hydrogen) atoms. The molecule has 0 aliphatic rings. The zero-order valence-corrected chi connectivity index (χ0v) is 14.2. The van der Waals surface area contributed by atoms with Crippen molar-refractivity contribution >= 4 is 10.0 Å². The highest BCUT2D eigenvalue weighted by atomic mass is 32.2. The summed E-state index contributed by atoms with van der Waals surface area (Å²) in [7, 11) is -3.61. The lowest BCUT2D eigenvalue weighted by Crippen LogP contribution is -2.28. The van der Waals surface area contributed by atoms with E-state index in [0.717, 1.165) is 5.56 Å². The molecule has 7 heteroatoms. The number of sulfonamides is 1. The number of nitrogens with zero attached hydrogens (tertiary/aromatic N) is 3. The molecular weight excluding hydrogens is 300 g/mol. The Morgan fingerprint density at radius 3 is 2.55 bits per heavy atom. The van der Waals surface area contributed by atoms with Gasteiger partial charge in [0.05, 0.1) is 11.4 Å². The molecule has 0 atom stereocenters. The smallest absolute Gasteiger partial charge is 0.241 e. The largest absolute Gasteiger partial charge is 0.317 e. The fourth-order valence-corrected chi connectivity index (χ4v) is 3.63. The zero-order valence-electron chi connectivity index (χ0n) is 13.4. The predicted octanol–water partition coefficient (Wildman–Crippen LogP) is 2.07. The number of aromatic nitrogens is 3. The van der Waals surface area contributed by atoms with Crippen molar-refractivity contribution in [3.63, 3.8) is 0 Å². The minimum atomic E-state index is -3.61. The van der Waals surface area contributed by atoms with E-state index in [0.29, 0.717) is 17.3 Å². The van der Waals surface area contributed by atoms with Crippen LogP contribution in [0.15, 0.2) is 35.5 Å². The number of rotatable bonds is 5. The predicted molar refractivity (Wildman–Crippen MR) is 84.9 cm³/mol. The van der Waals surface area contributed by atoms with Crippen LogP contribution in [-0.2, 0) is 28.5 Å². The molecule has 0 spiro atoms. The Bertz CT molecular complexity index is 745. The summed E-state index contributed by atoms with van der Waals surface area (Å²) in [6, 6.07) is 7.07. The molecule has 0 aliphatic carbocycles. The average Bonchev–Trinajstić information content (AvgIpc) is 2.92. The van der Waals surface area contributed by atoms with Gasteiger partial charge in [-0.25, -0.2) is 13.1 Å². The van der Waals surface area contributed by atoms with E-state index in [4.69, 9.17) is 0 Å². The second kappa shape index (κ2) is 6.18. The molecule has 0 radical (unpaired) electrons. The highest BCUT2D eigenvalue weighted by Gasteiger charge is 2.25. The quantitative estimate of drug-likeness (QED) is 0.914. The lowest BCUT2D eigenvalue weighted by molar-refractivity contribution is 0.552. The van der Waals surface area contributed by atoms with Crippen molar-refractivity contribution in [2.45, 2.75) is 51.1 Å². The summed E-state index contributed by atoms with van der Waals surface area (Å²) < 4.78 is 29.7. The molecule has 0 unspecified atom stereocenters. The molecule has 0 fully saturated rings. The first kappa shape index (κ1) is 16.6. The van der Waals surface area contributed by atoms with Gasteiger partial charge in [-0.2, -0.15) is 0 Å². The highest BCUT2D eigenvalue weighted by molar-refractivity contribution is 7.89. The molecule has 0 saturated heterocycles. The standard InChI is InChI=1S/C15H22N4O2S/c1-5-19-11-16-18-14(19)10-17-22(20,21)13-9-7-6-8-12(13)15(2,3)4/h6-9,11,17H,5,10H2,1-4H3. The fraction of sp³-hybridized carbons (Fsp3) is 0.467. The molecule has 0 aliphatic heterocycles. The second-order valence-electron chi connectivity index (χ2n) is 6.10. The molecule has 0 bridgehead atoms. The van der Waals surface area contributed by atoms with Crippen LogP contribution in [0.25, 0.3) is 0 Å². The summed E-state index contributed by atoms with van der Waals surface area (Å²) >= 11 is 0. The lowest BCUT2D eigenvalue weighted by Gasteiger charge is -2.22. The maximum atomic E-state index is 12.6. The molecule has 1 aromatic heterocycles. The monoisotopic (exact) mass is 322 g/mol. The SMILES string of the molecule is CCn1cnnc1CNS(=O)(=O)c1ccccc1C(C)(C)C. The van der Waals surface area contributed by atoms with Gasteiger partial charge in [-0.15, -0.1) is 10.2 Å².